The summed E-state index contributed by atoms with van der Waals surface area (Å²) in [6.07, 6.45) is 1.41. The van der Waals surface area contributed by atoms with Crippen molar-refractivity contribution in [3.05, 3.63) is 52.9 Å². The van der Waals surface area contributed by atoms with Gasteiger partial charge in [-0.2, -0.15) is 0 Å². The van der Waals surface area contributed by atoms with Gasteiger partial charge in [-0.05, 0) is 24.6 Å². The molecule has 102 valence electrons. The molecule has 0 spiro atoms. The smallest absolute Gasteiger partial charge is 0.256 e. The summed E-state index contributed by atoms with van der Waals surface area (Å²) in [5.41, 5.74) is 7.63. The van der Waals surface area contributed by atoms with Crippen LogP contribution in [-0.4, -0.2) is 17.6 Å². The Morgan fingerprint density at radius 2 is 2.35 bits per heavy atom. The number of benzene rings is 1. The molecule has 0 aliphatic rings. The highest BCUT2D eigenvalue weighted by molar-refractivity contribution is 5.94. The standard InChI is InChI=1S/C15H15N3O2/c1-11-14(10-18-20-11)15(19)17-9-13-5-2-4-12(8-13)6-3-7-16/h2,4-5,8,10H,7,9,16H2,1H3,(H,17,19). The first-order valence-electron chi connectivity index (χ1n) is 6.18. The maximum Gasteiger partial charge on any atom is 0.256 e. The van der Waals surface area contributed by atoms with E-state index in [1.165, 1.54) is 6.20 Å². The number of amides is 1. The lowest BCUT2D eigenvalue weighted by atomic mass is 10.1. The second kappa shape index (κ2) is 6.55. The summed E-state index contributed by atoms with van der Waals surface area (Å²) in [6, 6.07) is 7.64. The topological polar surface area (TPSA) is 81.2 Å². The minimum absolute atomic E-state index is 0.206. The number of nitrogens with two attached hydrogens (primary N) is 1. The first-order valence-corrected chi connectivity index (χ1v) is 6.18. The van der Waals surface area contributed by atoms with Gasteiger partial charge in [0, 0.05) is 12.1 Å². The van der Waals surface area contributed by atoms with Crippen LogP contribution in [0.4, 0.5) is 0 Å². The van der Waals surface area contributed by atoms with Crippen LogP contribution in [0.15, 0.2) is 35.0 Å². The third kappa shape index (κ3) is 3.46. The van der Waals surface area contributed by atoms with Crippen LogP contribution in [0.25, 0.3) is 0 Å². The first kappa shape index (κ1) is 13.8. The van der Waals surface area contributed by atoms with E-state index in [0.717, 1.165) is 11.1 Å². The van der Waals surface area contributed by atoms with Gasteiger partial charge in [0.1, 0.15) is 11.3 Å². The summed E-state index contributed by atoms with van der Waals surface area (Å²) < 4.78 is 4.86. The molecule has 0 saturated heterocycles. The molecule has 5 nitrogen and oxygen atoms in total. The molecule has 0 bridgehead atoms. The van der Waals surface area contributed by atoms with E-state index in [2.05, 4.69) is 22.3 Å². The summed E-state index contributed by atoms with van der Waals surface area (Å²) in [6.45, 7) is 2.44. The Labute approximate surface area is 117 Å². The molecule has 0 saturated carbocycles. The molecule has 5 heteroatoms. The van der Waals surface area contributed by atoms with E-state index in [1.807, 2.05) is 24.3 Å². The Morgan fingerprint density at radius 3 is 3.05 bits per heavy atom. The van der Waals surface area contributed by atoms with Crippen molar-refractivity contribution in [1.29, 1.82) is 0 Å². The Kier molecular flexibility index (Phi) is 4.53. The van der Waals surface area contributed by atoms with E-state index in [0.29, 0.717) is 24.4 Å². The van der Waals surface area contributed by atoms with Crippen LogP contribution in [0.3, 0.4) is 0 Å². The molecule has 2 rings (SSSR count). The molecule has 0 aliphatic carbocycles. The summed E-state index contributed by atoms with van der Waals surface area (Å²) >= 11 is 0. The van der Waals surface area contributed by atoms with E-state index >= 15 is 0 Å². The molecule has 0 unspecified atom stereocenters. The van der Waals surface area contributed by atoms with Crippen molar-refractivity contribution in [3.8, 4) is 11.8 Å². The zero-order valence-electron chi connectivity index (χ0n) is 11.1. The zero-order chi connectivity index (χ0) is 14.4. The van der Waals surface area contributed by atoms with Crippen LogP contribution >= 0.6 is 0 Å². The number of carbonyl (C=O) groups excluding carboxylic acids is 1. The van der Waals surface area contributed by atoms with Crippen molar-refractivity contribution in [1.82, 2.24) is 10.5 Å². The lowest BCUT2D eigenvalue weighted by molar-refractivity contribution is 0.0949. The number of hydrogen-bond acceptors (Lipinski definition) is 4. The van der Waals surface area contributed by atoms with Crippen molar-refractivity contribution in [2.24, 2.45) is 5.73 Å². The van der Waals surface area contributed by atoms with Gasteiger partial charge in [-0.15, -0.1) is 0 Å². The molecule has 0 fully saturated rings. The minimum atomic E-state index is -0.206. The highest BCUT2D eigenvalue weighted by Crippen LogP contribution is 2.07. The molecular formula is C15H15N3O2. The summed E-state index contributed by atoms with van der Waals surface area (Å²) in [7, 11) is 0. The van der Waals surface area contributed by atoms with Gasteiger partial charge in [-0.1, -0.05) is 29.1 Å². The highest BCUT2D eigenvalue weighted by atomic mass is 16.5. The largest absolute Gasteiger partial charge is 0.361 e. The van der Waals surface area contributed by atoms with Crippen LogP contribution in [0.2, 0.25) is 0 Å². The van der Waals surface area contributed by atoms with Gasteiger partial charge in [0.2, 0.25) is 0 Å². The number of aryl methyl sites for hydroxylation is 1. The zero-order valence-corrected chi connectivity index (χ0v) is 11.1. The molecule has 0 radical (unpaired) electrons. The lowest BCUT2D eigenvalue weighted by Crippen LogP contribution is -2.23. The van der Waals surface area contributed by atoms with Crippen molar-refractivity contribution >= 4 is 5.91 Å². The van der Waals surface area contributed by atoms with E-state index in [1.54, 1.807) is 6.92 Å². The normalized spacial score (nSPS) is 9.70. The predicted octanol–water partition coefficient (Wildman–Crippen LogP) is 1.22. The first-order chi connectivity index (χ1) is 9.70. The molecule has 0 atom stereocenters. The average molecular weight is 269 g/mol. The van der Waals surface area contributed by atoms with E-state index in [4.69, 9.17) is 10.3 Å². The molecular weight excluding hydrogens is 254 g/mol. The van der Waals surface area contributed by atoms with Crippen LogP contribution < -0.4 is 11.1 Å². The fraction of sp³-hybridized carbons (Fsp3) is 0.200. The molecule has 20 heavy (non-hydrogen) atoms. The van der Waals surface area contributed by atoms with Crippen LogP contribution in [-0.2, 0) is 6.54 Å². The van der Waals surface area contributed by atoms with Gasteiger partial charge >= 0.3 is 0 Å². The number of nitrogens with one attached hydrogen (secondary N) is 1. The van der Waals surface area contributed by atoms with Crippen molar-refractivity contribution < 1.29 is 9.32 Å². The maximum atomic E-state index is 11.9. The Bertz CT molecular complexity index is 665. The molecule has 1 heterocycles. The van der Waals surface area contributed by atoms with Crippen LogP contribution in [0.5, 0.6) is 0 Å². The van der Waals surface area contributed by atoms with Gasteiger partial charge in [-0.3, -0.25) is 4.79 Å². The van der Waals surface area contributed by atoms with E-state index in [-0.39, 0.29) is 5.91 Å². The number of aromatic nitrogens is 1. The molecule has 0 aliphatic heterocycles. The third-order valence-electron chi connectivity index (χ3n) is 2.71. The fourth-order valence-corrected chi connectivity index (χ4v) is 1.71. The van der Waals surface area contributed by atoms with E-state index < -0.39 is 0 Å². The summed E-state index contributed by atoms with van der Waals surface area (Å²) in [5, 5.41) is 6.39. The number of hydrogen-bond donors (Lipinski definition) is 2. The minimum Gasteiger partial charge on any atom is -0.361 e. The lowest BCUT2D eigenvalue weighted by Gasteiger charge is -2.04. The molecule has 2 aromatic rings. The molecule has 1 amide bonds. The second-order valence-electron chi connectivity index (χ2n) is 4.18. The monoisotopic (exact) mass is 269 g/mol. The maximum absolute atomic E-state index is 11.9. The highest BCUT2D eigenvalue weighted by Gasteiger charge is 2.11. The molecule has 1 aromatic heterocycles. The number of rotatable bonds is 3. The molecule has 1 aromatic carbocycles. The number of carbonyl (C=O) groups is 1. The van der Waals surface area contributed by atoms with Gasteiger partial charge < -0.3 is 15.6 Å². The number of nitrogens with zero attached hydrogens (tertiary/aromatic N) is 1. The quantitative estimate of drug-likeness (QED) is 0.821. The third-order valence-corrected chi connectivity index (χ3v) is 2.71. The average Bonchev–Trinajstić information content (AvgIpc) is 2.89. The van der Waals surface area contributed by atoms with Crippen molar-refractivity contribution in [2.45, 2.75) is 13.5 Å². The predicted molar refractivity (Wildman–Crippen MR) is 74.8 cm³/mol. The van der Waals surface area contributed by atoms with Gasteiger partial charge in [0.05, 0.1) is 12.7 Å². The van der Waals surface area contributed by atoms with E-state index in [9.17, 15) is 4.79 Å². The molecule has 3 N–H and O–H groups in total. The van der Waals surface area contributed by atoms with Gasteiger partial charge in [0.15, 0.2) is 0 Å². The fourth-order valence-electron chi connectivity index (χ4n) is 1.71. The van der Waals surface area contributed by atoms with Gasteiger partial charge in [-0.25, -0.2) is 0 Å². The van der Waals surface area contributed by atoms with Crippen molar-refractivity contribution in [2.75, 3.05) is 6.54 Å². The van der Waals surface area contributed by atoms with Crippen LogP contribution in [0.1, 0.15) is 27.2 Å². The Balaban J connectivity index is 2.01. The van der Waals surface area contributed by atoms with Gasteiger partial charge in [0.25, 0.3) is 5.91 Å². The summed E-state index contributed by atoms with van der Waals surface area (Å²) in [4.78, 5) is 11.9. The van der Waals surface area contributed by atoms with Crippen molar-refractivity contribution in [3.63, 3.8) is 0 Å². The SMILES string of the molecule is Cc1oncc1C(=O)NCc1cccc(C#CCN)c1. The second-order valence-corrected chi connectivity index (χ2v) is 4.18. The van der Waals surface area contributed by atoms with Crippen LogP contribution in [0, 0.1) is 18.8 Å². The Morgan fingerprint density at radius 1 is 1.50 bits per heavy atom. The summed E-state index contributed by atoms with van der Waals surface area (Å²) in [5.74, 6) is 6.05. The Hall–Kier alpha value is -2.58.